The standard InChI is InChI=1S/C58H40N2/c1-2-13-41(14-3-1)43-27-33-50(34-28-43)59(51-35-29-44(30-36-51)47-17-12-18-48(39-47)49-26-25-42-15-4-5-16-46(42)40-49)52-37-31-45(32-38-52)53-19-6-9-22-56(53)60-57-23-10-7-20-54(57)55-21-8-11-24-58(55)60/h1-40H. The van der Waals surface area contributed by atoms with Crippen molar-refractivity contribution >= 4 is 49.6 Å². The fourth-order valence-electron chi connectivity index (χ4n) is 8.82. The van der Waals surface area contributed by atoms with E-state index in [4.69, 9.17) is 0 Å². The Balaban J connectivity index is 0.966. The highest BCUT2D eigenvalue weighted by molar-refractivity contribution is 6.09. The van der Waals surface area contributed by atoms with Crippen LogP contribution in [-0.2, 0) is 0 Å². The monoisotopic (exact) mass is 764 g/mol. The van der Waals surface area contributed by atoms with E-state index in [1.807, 2.05) is 0 Å². The number of aromatic nitrogens is 1. The molecule has 0 aliphatic rings. The van der Waals surface area contributed by atoms with Crippen LogP contribution < -0.4 is 4.90 Å². The number of fused-ring (bicyclic) bond motifs is 4. The molecule has 0 saturated carbocycles. The number of nitrogens with zero attached hydrogens (tertiary/aromatic N) is 2. The third kappa shape index (κ3) is 6.41. The third-order valence-electron chi connectivity index (χ3n) is 11.8. The Labute approximate surface area is 350 Å². The van der Waals surface area contributed by atoms with Crippen molar-refractivity contribution in [3.63, 3.8) is 0 Å². The van der Waals surface area contributed by atoms with Crippen LogP contribution in [0.4, 0.5) is 17.1 Å². The molecule has 0 fully saturated rings. The molecule has 0 aliphatic carbocycles. The summed E-state index contributed by atoms with van der Waals surface area (Å²) < 4.78 is 2.41. The highest BCUT2D eigenvalue weighted by Crippen LogP contribution is 2.40. The summed E-state index contributed by atoms with van der Waals surface area (Å²) in [6.07, 6.45) is 0. The van der Waals surface area contributed by atoms with Gasteiger partial charge in [-0.15, -0.1) is 0 Å². The highest BCUT2D eigenvalue weighted by atomic mass is 15.1. The maximum atomic E-state index is 2.41. The number of hydrogen-bond acceptors (Lipinski definition) is 1. The minimum atomic E-state index is 1.09. The van der Waals surface area contributed by atoms with E-state index in [0.29, 0.717) is 0 Å². The molecule has 2 heteroatoms. The molecule has 0 N–H and O–H groups in total. The van der Waals surface area contributed by atoms with Crippen molar-refractivity contribution in [3.8, 4) is 50.2 Å². The van der Waals surface area contributed by atoms with Crippen LogP contribution in [-0.4, -0.2) is 4.57 Å². The Hall–Kier alpha value is -7.94. The van der Waals surface area contributed by atoms with Crippen molar-refractivity contribution in [1.29, 1.82) is 0 Å². The molecule has 0 saturated heterocycles. The van der Waals surface area contributed by atoms with Crippen LogP contribution in [0.1, 0.15) is 0 Å². The van der Waals surface area contributed by atoms with Gasteiger partial charge in [-0.25, -0.2) is 0 Å². The average Bonchev–Trinajstić information content (AvgIpc) is 3.67. The van der Waals surface area contributed by atoms with Gasteiger partial charge in [-0.2, -0.15) is 0 Å². The second-order valence-electron chi connectivity index (χ2n) is 15.4. The van der Waals surface area contributed by atoms with Gasteiger partial charge in [-0.05, 0) is 116 Å². The van der Waals surface area contributed by atoms with Gasteiger partial charge in [0.15, 0.2) is 0 Å². The fourth-order valence-corrected chi connectivity index (χ4v) is 8.82. The van der Waals surface area contributed by atoms with E-state index in [-0.39, 0.29) is 0 Å². The maximum Gasteiger partial charge on any atom is 0.0541 e. The summed E-state index contributed by atoms with van der Waals surface area (Å²) in [6, 6.07) is 87.8. The molecule has 10 aromatic carbocycles. The fraction of sp³-hybridized carbons (Fsp3) is 0. The zero-order valence-electron chi connectivity index (χ0n) is 33.0. The van der Waals surface area contributed by atoms with Gasteiger partial charge in [-0.1, -0.05) is 176 Å². The smallest absolute Gasteiger partial charge is 0.0541 e. The maximum absolute atomic E-state index is 2.41. The molecule has 1 heterocycles. The second kappa shape index (κ2) is 15.1. The lowest BCUT2D eigenvalue weighted by Crippen LogP contribution is -2.09. The van der Waals surface area contributed by atoms with Crippen molar-refractivity contribution in [2.75, 3.05) is 4.90 Å². The molecule has 2 nitrogen and oxygen atoms in total. The molecule has 11 aromatic rings. The van der Waals surface area contributed by atoms with Gasteiger partial charge >= 0.3 is 0 Å². The number of anilines is 3. The van der Waals surface area contributed by atoms with Crippen LogP contribution in [0.25, 0.3) is 82.8 Å². The Morgan fingerprint density at radius 3 is 1.35 bits per heavy atom. The van der Waals surface area contributed by atoms with Crippen LogP contribution in [0.3, 0.4) is 0 Å². The van der Waals surface area contributed by atoms with Gasteiger partial charge < -0.3 is 9.47 Å². The molecule has 60 heavy (non-hydrogen) atoms. The first kappa shape index (κ1) is 35.2. The normalized spacial score (nSPS) is 11.3. The van der Waals surface area contributed by atoms with Gasteiger partial charge in [0.1, 0.15) is 0 Å². The number of benzene rings is 10. The molecule has 1 aromatic heterocycles. The Morgan fingerprint density at radius 2 is 0.700 bits per heavy atom. The summed E-state index contributed by atoms with van der Waals surface area (Å²) in [4.78, 5) is 2.35. The first-order valence-corrected chi connectivity index (χ1v) is 20.6. The predicted octanol–water partition coefficient (Wildman–Crippen LogP) is 16.1. The average molecular weight is 765 g/mol. The van der Waals surface area contributed by atoms with Gasteiger partial charge in [0, 0.05) is 33.4 Å². The van der Waals surface area contributed by atoms with Gasteiger partial charge in [0.05, 0.1) is 16.7 Å². The van der Waals surface area contributed by atoms with Crippen molar-refractivity contribution in [3.05, 3.63) is 243 Å². The van der Waals surface area contributed by atoms with Crippen molar-refractivity contribution in [1.82, 2.24) is 4.57 Å². The van der Waals surface area contributed by atoms with E-state index < -0.39 is 0 Å². The van der Waals surface area contributed by atoms with Crippen molar-refractivity contribution in [2.45, 2.75) is 0 Å². The van der Waals surface area contributed by atoms with Crippen LogP contribution >= 0.6 is 0 Å². The summed E-state index contributed by atoms with van der Waals surface area (Å²) in [6.45, 7) is 0. The molecular weight excluding hydrogens is 725 g/mol. The van der Waals surface area contributed by atoms with Crippen LogP contribution in [0.15, 0.2) is 243 Å². The zero-order valence-corrected chi connectivity index (χ0v) is 33.0. The molecular formula is C58H40N2. The van der Waals surface area contributed by atoms with E-state index in [1.165, 1.54) is 71.5 Å². The minimum absolute atomic E-state index is 1.09. The van der Waals surface area contributed by atoms with Crippen molar-refractivity contribution in [2.24, 2.45) is 0 Å². The summed E-state index contributed by atoms with van der Waals surface area (Å²) >= 11 is 0. The Bertz CT molecular complexity index is 3230. The first-order valence-electron chi connectivity index (χ1n) is 20.6. The van der Waals surface area contributed by atoms with E-state index >= 15 is 0 Å². The molecule has 0 amide bonds. The summed E-state index contributed by atoms with van der Waals surface area (Å²) in [5.41, 5.74) is 16.4. The molecule has 282 valence electrons. The van der Waals surface area contributed by atoms with E-state index in [2.05, 4.69) is 252 Å². The second-order valence-corrected chi connectivity index (χ2v) is 15.4. The Kier molecular flexibility index (Phi) is 8.87. The number of rotatable bonds is 8. The van der Waals surface area contributed by atoms with Crippen LogP contribution in [0, 0.1) is 0 Å². The van der Waals surface area contributed by atoms with Gasteiger partial charge in [0.2, 0.25) is 0 Å². The van der Waals surface area contributed by atoms with E-state index in [0.717, 1.165) is 28.3 Å². The highest BCUT2D eigenvalue weighted by Gasteiger charge is 2.17. The summed E-state index contributed by atoms with van der Waals surface area (Å²) in [5, 5.41) is 5.03. The molecule has 0 aliphatic heterocycles. The number of para-hydroxylation sites is 3. The van der Waals surface area contributed by atoms with E-state index in [1.54, 1.807) is 0 Å². The third-order valence-corrected chi connectivity index (χ3v) is 11.8. The molecule has 11 rings (SSSR count). The SMILES string of the molecule is c1ccc(-c2ccc(N(c3ccc(-c4cccc(-c5ccc6ccccc6c5)c4)cc3)c3ccc(-c4ccccc4-n4c5ccccc5c5ccccc54)cc3)cc2)cc1. The first-order chi connectivity index (χ1) is 29.7. The number of hydrogen-bond donors (Lipinski definition) is 0. The molecule has 0 atom stereocenters. The van der Waals surface area contributed by atoms with Crippen molar-refractivity contribution < 1.29 is 0 Å². The lowest BCUT2D eigenvalue weighted by molar-refractivity contribution is 1.18. The van der Waals surface area contributed by atoms with E-state index in [9.17, 15) is 0 Å². The summed E-state index contributed by atoms with van der Waals surface area (Å²) in [7, 11) is 0. The molecule has 0 spiro atoms. The zero-order chi connectivity index (χ0) is 39.8. The van der Waals surface area contributed by atoms with Crippen LogP contribution in [0.5, 0.6) is 0 Å². The largest absolute Gasteiger partial charge is 0.311 e. The Morgan fingerprint density at radius 1 is 0.267 bits per heavy atom. The predicted molar refractivity (Wildman–Crippen MR) is 255 cm³/mol. The minimum Gasteiger partial charge on any atom is -0.311 e. The summed E-state index contributed by atoms with van der Waals surface area (Å²) in [5.74, 6) is 0. The van der Waals surface area contributed by atoms with Gasteiger partial charge in [0.25, 0.3) is 0 Å². The molecule has 0 radical (unpaired) electrons. The lowest BCUT2D eigenvalue weighted by Gasteiger charge is -2.26. The molecule has 0 bridgehead atoms. The topological polar surface area (TPSA) is 8.17 Å². The quantitative estimate of drug-likeness (QED) is 0.150. The van der Waals surface area contributed by atoms with Gasteiger partial charge in [-0.3, -0.25) is 0 Å². The molecule has 0 unspecified atom stereocenters. The van der Waals surface area contributed by atoms with Crippen LogP contribution in [0.2, 0.25) is 0 Å². The lowest BCUT2D eigenvalue weighted by atomic mass is 9.97.